The van der Waals surface area contributed by atoms with Crippen LogP contribution in [0.15, 0.2) is 40.5 Å². The normalized spacial score (nSPS) is 12.7. The molecule has 0 aliphatic carbocycles. The number of unbranched alkanes of at least 4 members (excludes halogenated alkanes) is 2. The average molecular weight is 378 g/mol. The van der Waals surface area contributed by atoms with E-state index in [2.05, 4.69) is 26.1 Å². The van der Waals surface area contributed by atoms with Crippen LogP contribution < -0.4 is 11.1 Å². The molecule has 0 bridgehead atoms. The zero-order valence-corrected chi connectivity index (χ0v) is 17.0. The molecule has 0 aromatic heterocycles. The third-order valence-corrected chi connectivity index (χ3v) is 4.44. The van der Waals surface area contributed by atoms with Crippen molar-refractivity contribution in [1.82, 2.24) is 5.32 Å². The molecule has 1 aromatic rings. The first-order valence-electron chi connectivity index (χ1n) is 9.58. The summed E-state index contributed by atoms with van der Waals surface area (Å²) < 4.78 is 0. The van der Waals surface area contributed by atoms with Gasteiger partial charge in [-0.05, 0) is 37.0 Å². The summed E-state index contributed by atoms with van der Waals surface area (Å²) >= 11 is 5.89. The lowest BCUT2D eigenvalue weighted by molar-refractivity contribution is -0.117. The predicted octanol–water partition coefficient (Wildman–Crippen LogP) is 5.01. The Morgan fingerprint density at radius 2 is 1.81 bits per heavy atom. The van der Waals surface area contributed by atoms with Gasteiger partial charge in [0, 0.05) is 29.4 Å². The molecule has 5 heteroatoms. The van der Waals surface area contributed by atoms with Crippen molar-refractivity contribution in [3.63, 3.8) is 0 Å². The van der Waals surface area contributed by atoms with Gasteiger partial charge in [-0.2, -0.15) is 0 Å². The van der Waals surface area contributed by atoms with Gasteiger partial charge in [0.15, 0.2) is 0 Å². The highest BCUT2D eigenvalue weighted by molar-refractivity contribution is 6.30. The zero-order valence-electron chi connectivity index (χ0n) is 16.3. The number of rotatable bonds is 11. The predicted molar refractivity (Wildman–Crippen MR) is 112 cm³/mol. The molecule has 0 spiro atoms. The third-order valence-electron chi connectivity index (χ3n) is 4.18. The smallest absolute Gasteiger partial charge is 0.267 e. The zero-order chi connectivity index (χ0) is 19.4. The Morgan fingerprint density at radius 1 is 1.12 bits per heavy atom. The van der Waals surface area contributed by atoms with Crippen molar-refractivity contribution >= 4 is 23.2 Å². The molecule has 144 valence electrons. The van der Waals surface area contributed by atoms with Crippen LogP contribution in [0.2, 0.25) is 5.02 Å². The van der Waals surface area contributed by atoms with Crippen LogP contribution in [0.5, 0.6) is 0 Å². The molecule has 26 heavy (non-hydrogen) atoms. The lowest BCUT2D eigenvalue weighted by Gasteiger charge is -2.14. The number of hydrogen-bond donors (Lipinski definition) is 2. The van der Waals surface area contributed by atoms with E-state index in [1.165, 1.54) is 12.8 Å². The van der Waals surface area contributed by atoms with E-state index in [0.717, 1.165) is 49.1 Å². The number of aliphatic imine (C=N–C) groups is 1. The van der Waals surface area contributed by atoms with Gasteiger partial charge in [-0.1, -0.05) is 63.8 Å². The summed E-state index contributed by atoms with van der Waals surface area (Å²) in [5, 5.41) is 3.57. The Bertz CT molecular complexity index is 621. The minimum absolute atomic E-state index is 0.238. The molecular formula is C21H32ClN3O. The van der Waals surface area contributed by atoms with E-state index in [9.17, 15) is 4.79 Å². The Hall–Kier alpha value is -1.81. The maximum absolute atomic E-state index is 12.5. The maximum Gasteiger partial charge on any atom is 0.267 e. The molecule has 0 fully saturated rings. The molecule has 0 atom stereocenters. The molecule has 1 rings (SSSR count). The van der Waals surface area contributed by atoms with Crippen LogP contribution in [0.4, 0.5) is 0 Å². The Kier molecular flexibility index (Phi) is 10.7. The topological polar surface area (TPSA) is 67.5 Å². The monoisotopic (exact) mass is 377 g/mol. The molecule has 0 aliphatic rings. The van der Waals surface area contributed by atoms with Crippen molar-refractivity contribution in [2.24, 2.45) is 10.7 Å². The molecule has 0 saturated carbocycles. The quantitative estimate of drug-likeness (QED) is 0.323. The Balaban J connectivity index is 2.85. The third kappa shape index (κ3) is 7.61. The fraction of sp³-hybridized carbons (Fsp3) is 0.524. The van der Waals surface area contributed by atoms with Crippen LogP contribution in [0, 0.1) is 0 Å². The van der Waals surface area contributed by atoms with E-state index >= 15 is 0 Å². The standard InChI is InChI=1S/C21H32ClN3O/c1-4-7-8-14-24-19(6-3)18(9-5-2)20(23)21(26)25-15-16-10-12-17(22)13-11-16/h10-13H,4-9,14-15,23H2,1-3H3,(H,25,26)/b20-18-,24-19?. The number of nitrogens with one attached hydrogen (secondary N) is 1. The van der Waals surface area contributed by atoms with Crippen molar-refractivity contribution in [2.45, 2.75) is 65.8 Å². The number of hydrogen-bond acceptors (Lipinski definition) is 3. The fourth-order valence-electron chi connectivity index (χ4n) is 2.70. The number of nitrogens with two attached hydrogens (primary N) is 1. The van der Waals surface area contributed by atoms with Crippen molar-refractivity contribution in [3.05, 3.63) is 46.1 Å². The number of carbonyl (C=O) groups is 1. The fourth-order valence-corrected chi connectivity index (χ4v) is 2.82. The second-order valence-electron chi connectivity index (χ2n) is 6.34. The van der Waals surface area contributed by atoms with Crippen LogP contribution in [0.1, 0.15) is 64.9 Å². The van der Waals surface area contributed by atoms with Crippen LogP contribution in [0.25, 0.3) is 0 Å². The van der Waals surface area contributed by atoms with Gasteiger partial charge < -0.3 is 11.1 Å². The number of halogens is 1. The van der Waals surface area contributed by atoms with E-state index in [1.807, 2.05) is 24.3 Å². The second-order valence-corrected chi connectivity index (χ2v) is 6.78. The first-order chi connectivity index (χ1) is 12.5. The maximum atomic E-state index is 12.5. The number of carbonyl (C=O) groups excluding carboxylic acids is 1. The first kappa shape index (κ1) is 22.2. The highest BCUT2D eigenvalue weighted by atomic mass is 35.5. The summed E-state index contributed by atoms with van der Waals surface area (Å²) in [5.74, 6) is -0.238. The molecule has 4 nitrogen and oxygen atoms in total. The largest absolute Gasteiger partial charge is 0.394 e. The average Bonchev–Trinajstić information content (AvgIpc) is 2.65. The second kappa shape index (κ2) is 12.5. The van der Waals surface area contributed by atoms with E-state index < -0.39 is 0 Å². The summed E-state index contributed by atoms with van der Waals surface area (Å²) in [6.07, 6.45) is 5.89. The minimum atomic E-state index is -0.238. The Labute approximate surface area is 162 Å². The lowest BCUT2D eigenvalue weighted by atomic mass is 10.00. The molecule has 1 aromatic carbocycles. The van der Waals surface area contributed by atoms with Crippen molar-refractivity contribution in [1.29, 1.82) is 0 Å². The van der Waals surface area contributed by atoms with Crippen molar-refractivity contribution in [2.75, 3.05) is 6.54 Å². The van der Waals surface area contributed by atoms with Gasteiger partial charge in [0.2, 0.25) is 0 Å². The Morgan fingerprint density at radius 3 is 2.38 bits per heavy atom. The van der Waals surface area contributed by atoms with Crippen LogP contribution in [-0.4, -0.2) is 18.2 Å². The molecule has 0 saturated heterocycles. The van der Waals surface area contributed by atoms with Crippen LogP contribution in [-0.2, 0) is 11.3 Å². The lowest BCUT2D eigenvalue weighted by Crippen LogP contribution is -2.30. The van der Waals surface area contributed by atoms with Gasteiger partial charge in [-0.15, -0.1) is 0 Å². The number of nitrogens with zero attached hydrogens (tertiary/aromatic N) is 1. The van der Waals surface area contributed by atoms with Gasteiger partial charge in [-0.25, -0.2) is 0 Å². The SMILES string of the molecule is CCCCCN=C(CC)/C(CCC)=C(\N)C(=O)NCc1ccc(Cl)cc1. The summed E-state index contributed by atoms with van der Waals surface area (Å²) in [5.41, 5.74) is 9.33. The molecule has 1 amide bonds. The first-order valence-corrected chi connectivity index (χ1v) is 9.96. The summed E-state index contributed by atoms with van der Waals surface area (Å²) in [4.78, 5) is 17.2. The van der Waals surface area contributed by atoms with Crippen molar-refractivity contribution < 1.29 is 4.79 Å². The van der Waals surface area contributed by atoms with Gasteiger partial charge in [0.1, 0.15) is 5.70 Å². The number of amides is 1. The van der Waals surface area contributed by atoms with E-state index in [4.69, 9.17) is 22.3 Å². The van der Waals surface area contributed by atoms with Crippen molar-refractivity contribution in [3.8, 4) is 0 Å². The molecule has 3 N–H and O–H groups in total. The molecule has 0 aliphatic heterocycles. The molecule has 0 unspecified atom stereocenters. The number of benzene rings is 1. The molecule has 0 radical (unpaired) electrons. The van der Waals surface area contributed by atoms with E-state index in [1.54, 1.807) is 0 Å². The van der Waals surface area contributed by atoms with Gasteiger partial charge in [0.05, 0.1) is 0 Å². The number of allylic oxidation sites excluding steroid dienone is 1. The minimum Gasteiger partial charge on any atom is -0.394 e. The van der Waals surface area contributed by atoms with Gasteiger partial charge >= 0.3 is 0 Å². The highest BCUT2D eigenvalue weighted by Gasteiger charge is 2.15. The highest BCUT2D eigenvalue weighted by Crippen LogP contribution is 2.15. The summed E-state index contributed by atoms with van der Waals surface area (Å²) in [6.45, 7) is 7.54. The summed E-state index contributed by atoms with van der Waals surface area (Å²) in [7, 11) is 0. The van der Waals surface area contributed by atoms with Crippen LogP contribution >= 0.6 is 11.6 Å². The molecular weight excluding hydrogens is 346 g/mol. The van der Waals surface area contributed by atoms with E-state index in [0.29, 0.717) is 11.6 Å². The van der Waals surface area contributed by atoms with E-state index in [-0.39, 0.29) is 11.6 Å². The van der Waals surface area contributed by atoms with Gasteiger partial charge in [-0.3, -0.25) is 9.79 Å². The summed E-state index contributed by atoms with van der Waals surface area (Å²) in [6, 6.07) is 7.40. The van der Waals surface area contributed by atoms with Crippen LogP contribution in [0.3, 0.4) is 0 Å². The molecule has 0 heterocycles. The van der Waals surface area contributed by atoms with Gasteiger partial charge in [0.25, 0.3) is 5.91 Å².